The van der Waals surface area contributed by atoms with Gasteiger partial charge < -0.3 is 14.5 Å². The summed E-state index contributed by atoms with van der Waals surface area (Å²) < 4.78 is 30.0. The van der Waals surface area contributed by atoms with E-state index in [2.05, 4.69) is 0 Å². The minimum absolute atomic E-state index is 0.00857. The van der Waals surface area contributed by atoms with Gasteiger partial charge in [0.25, 0.3) is 11.8 Å². The van der Waals surface area contributed by atoms with Crippen LogP contribution in [-0.2, 0) is 24.2 Å². The van der Waals surface area contributed by atoms with Gasteiger partial charge in [-0.3, -0.25) is 9.59 Å². The van der Waals surface area contributed by atoms with E-state index in [1.54, 1.807) is 32.9 Å². The molecule has 4 rings (SSSR count). The number of fused-ring (bicyclic) bond motifs is 2. The van der Waals surface area contributed by atoms with Crippen molar-refractivity contribution >= 4 is 33.7 Å². The number of hydroxylamine groups is 2. The topological polar surface area (TPSA) is 127 Å². The van der Waals surface area contributed by atoms with Crippen molar-refractivity contribution in [2.45, 2.75) is 26.4 Å². The summed E-state index contributed by atoms with van der Waals surface area (Å²) in [6.07, 6.45) is -0.674. The van der Waals surface area contributed by atoms with Crippen molar-refractivity contribution in [2.24, 2.45) is 11.3 Å². The Labute approximate surface area is 178 Å². The lowest BCUT2D eigenvalue weighted by atomic mass is 9.81. The van der Waals surface area contributed by atoms with E-state index >= 15 is 0 Å². The fourth-order valence-corrected chi connectivity index (χ4v) is 6.67. The average Bonchev–Trinajstić information content (AvgIpc) is 3.21. The van der Waals surface area contributed by atoms with Gasteiger partial charge in [-0.1, -0.05) is 17.2 Å². The number of carbonyl (C=O) groups is 4. The van der Waals surface area contributed by atoms with E-state index in [0.717, 1.165) is 0 Å². The SMILES string of the molecule is CC(C)(C)OC(=O)N1C[C@@H]2CS(=O)(=O)C[C@]2(C(=O)ON2C(=O)c3ccccc3C2=O)C1. The molecule has 166 valence electrons. The van der Waals surface area contributed by atoms with Crippen LogP contribution in [-0.4, -0.2) is 72.5 Å². The molecule has 10 nitrogen and oxygen atoms in total. The maximum Gasteiger partial charge on any atom is 0.410 e. The van der Waals surface area contributed by atoms with Gasteiger partial charge >= 0.3 is 12.1 Å². The van der Waals surface area contributed by atoms with E-state index in [1.807, 2.05) is 0 Å². The number of nitrogens with zero attached hydrogens (tertiary/aromatic N) is 2. The van der Waals surface area contributed by atoms with Crippen LogP contribution >= 0.6 is 0 Å². The molecule has 31 heavy (non-hydrogen) atoms. The monoisotopic (exact) mass is 450 g/mol. The Morgan fingerprint density at radius 2 is 1.68 bits per heavy atom. The highest BCUT2D eigenvalue weighted by atomic mass is 32.2. The molecule has 0 unspecified atom stereocenters. The van der Waals surface area contributed by atoms with Crippen molar-refractivity contribution in [1.82, 2.24) is 9.96 Å². The first-order valence-electron chi connectivity index (χ1n) is 9.72. The maximum atomic E-state index is 13.2. The Hall–Kier alpha value is -2.95. The van der Waals surface area contributed by atoms with Crippen molar-refractivity contribution in [3.8, 4) is 0 Å². The minimum atomic E-state index is -3.58. The van der Waals surface area contributed by atoms with E-state index in [4.69, 9.17) is 9.57 Å². The van der Waals surface area contributed by atoms with E-state index in [-0.39, 0.29) is 30.0 Å². The number of hydrogen-bond acceptors (Lipinski definition) is 8. The zero-order valence-electron chi connectivity index (χ0n) is 17.3. The lowest BCUT2D eigenvalue weighted by molar-refractivity contribution is -0.180. The van der Waals surface area contributed by atoms with Crippen molar-refractivity contribution in [1.29, 1.82) is 0 Å². The molecule has 3 amide bonds. The Bertz CT molecular complexity index is 1070. The minimum Gasteiger partial charge on any atom is -0.444 e. The van der Waals surface area contributed by atoms with Gasteiger partial charge in [-0.25, -0.2) is 18.0 Å². The van der Waals surface area contributed by atoms with E-state index in [1.165, 1.54) is 17.0 Å². The van der Waals surface area contributed by atoms with Crippen LogP contribution in [0.3, 0.4) is 0 Å². The largest absolute Gasteiger partial charge is 0.444 e. The lowest BCUT2D eigenvalue weighted by Gasteiger charge is -2.27. The smallest absolute Gasteiger partial charge is 0.410 e. The molecule has 0 aliphatic carbocycles. The van der Waals surface area contributed by atoms with Gasteiger partial charge in [-0.15, -0.1) is 0 Å². The summed E-state index contributed by atoms with van der Waals surface area (Å²) in [6.45, 7) is 4.83. The van der Waals surface area contributed by atoms with Crippen LogP contribution in [0.25, 0.3) is 0 Å². The van der Waals surface area contributed by atoms with Crippen molar-refractivity contribution in [2.75, 3.05) is 24.6 Å². The maximum absolute atomic E-state index is 13.2. The normalized spacial score (nSPS) is 26.6. The average molecular weight is 450 g/mol. The molecule has 0 N–H and O–H groups in total. The first-order valence-corrected chi connectivity index (χ1v) is 11.5. The first kappa shape index (κ1) is 21.3. The van der Waals surface area contributed by atoms with Crippen LogP contribution in [0.1, 0.15) is 41.5 Å². The standard InChI is InChI=1S/C20H22N2O8S/c1-19(2,3)29-18(26)21-8-12-9-31(27,28)11-20(12,10-21)17(25)30-22-15(23)13-6-4-5-7-14(13)16(22)24/h4-7,12H,8-11H2,1-3H3/t12-,20-/m1/s1. The fourth-order valence-electron chi connectivity index (χ4n) is 4.29. The predicted octanol–water partition coefficient (Wildman–Crippen LogP) is 1.02. The first-order chi connectivity index (χ1) is 14.3. The number of likely N-dealkylation sites (tertiary alicyclic amines) is 1. The molecular weight excluding hydrogens is 428 g/mol. The fraction of sp³-hybridized carbons (Fsp3) is 0.500. The second-order valence-corrected chi connectivity index (χ2v) is 11.2. The summed E-state index contributed by atoms with van der Waals surface area (Å²) in [6, 6.07) is 6.02. The van der Waals surface area contributed by atoms with E-state index in [0.29, 0.717) is 5.06 Å². The molecule has 3 aliphatic heterocycles. The molecule has 0 radical (unpaired) electrons. The van der Waals surface area contributed by atoms with Crippen molar-refractivity contribution < 1.29 is 37.2 Å². The van der Waals surface area contributed by atoms with Crippen LogP contribution in [0.2, 0.25) is 0 Å². The third-order valence-corrected chi connectivity index (χ3v) is 7.48. The molecule has 3 heterocycles. The molecule has 0 aromatic heterocycles. The Morgan fingerprint density at radius 1 is 1.10 bits per heavy atom. The van der Waals surface area contributed by atoms with Crippen LogP contribution in [0.4, 0.5) is 4.79 Å². The molecule has 11 heteroatoms. The zero-order valence-corrected chi connectivity index (χ0v) is 18.1. The van der Waals surface area contributed by atoms with Gasteiger partial charge in [0.15, 0.2) is 9.84 Å². The molecule has 1 aromatic carbocycles. The van der Waals surface area contributed by atoms with Crippen molar-refractivity contribution in [3.05, 3.63) is 35.4 Å². The number of ether oxygens (including phenoxy) is 1. The van der Waals surface area contributed by atoms with Gasteiger partial charge in [0, 0.05) is 19.0 Å². The summed E-state index contributed by atoms with van der Waals surface area (Å²) in [7, 11) is -3.58. The lowest BCUT2D eigenvalue weighted by Crippen LogP contribution is -2.46. The molecule has 0 bridgehead atoms. The number of imide groups is 1. The number of rotatable bonds is 2. The number of carbonyl (C=O) groups excluding carboxylic acids is 4. The Kier molecular flexibility index (Phi) is 4.65. The summed E-state index contributed by atoms with van der Waals surface area (Å²) >= 11 is 0. The quantitative estimate of drug-likeness (QED) is 0.611. The van der Waals surface area contributed by atoms with Crippen LogP contribution < -0.4 is 0 Å². The highest BCUT2D eigenvalue weighted by molar-refractivity contribution is 7.91. The van der Waals surface area contributed by atoms with Crippen LogP contribution in [0, 0.1) is 11.3 Å². The molecule has 2 saturated heterocycles. The van der Waals surface area contributed by atoms with Gasteiger partial charge in [-0.05, 0) is 32.9 Å². The second-order valence-electron chi connectivity index (χ2n) is 9.10. The van der Waals surface area contributed by atoms with Gasteiger partial charge in [0.05, 0.1) is 22.6 Å². The number of benzene rings is 1. The van der Waals surface area contributed by atoms with E-state index < -0.39 is 56.4 Å². The molecule has 2 atom stereocenters. The predicted molar refractivity (Wildman–Crippen MR) is 105 cm³/mol. The Balaban J connectivity index is 1.59. The number of amides is 3. The van der Waals surface area contributed by atoms with Crippen molar-refractivity contribution in [3.63, 3.8) is 0 Å². The molecule has 0 spiro atoms. The summed E-state index contributed by atoms with van der Waals surface area (Å²) in [5.74, 6) is -4.20. The molecule has 0 saturated carbocycles. The van der Waals surface area contributed by atoms with E-state index in [9.17, 15) is 27.6 Å². The summed E-state index contributed by atoms with van der Waals surface area (Å²) in [4.78, 5) is 57.2. The molecule has 3 aliphatic rings. The number of hydrogen-bond donors (Lipinski definition) is 0. The highest BCUT2D eigenvalue weighted by Gasteiger charge is 2.63. The highest BCUT2D eigenvalue weighted by Crippen LogP contribution is 2.45. The Morgan fingerprint density at radius 3 is 2.23 bits per heavy atom. The molecule has 1 aromatic rings. The van der Waals surface area contributed by atoms with Crippen LogP contribution in [0.5, 0.6) is 0 Å². The number of sulfone groups is 1. The van der Waals surface area contributed by atoms with Gasteiger partial charge in [0.1, 0.15) is 11.0 Å². The third kappa shape index (κ3) is 3.56. The van der Waals surface area contributed by atoms with Gasteiger partial charge in [0.2, 0.25) is 0 Å². The third-order valence-electron chi connectivity index (χ3n) is 5.62. The molecule has 2 fully saturated rings. The van der Waals surface area contributed by atoms with Crippen LogP contribution in [0.15, 0.2) is 24.3 Å². The summed E-state index contributed by atoms with van der Waals surface area (Å²) in [5.41, 5.74) is -2.16. The zero-order chi connectivity index (χ0) is 22.8. The molecular formula is C20H22N2O8S. The van der Waals surface area contributed by atoms with Gasteiger partial charge in [-0.2, -0.15) is 0 Å². The summed E-state index contributed by atoms with van der Waals surface area (Å²) in [5, 5.41) is 0.361. The second kappa shape index (κ2) is 6.78.